The summed E-state index contributed by atoms with van der Waals surface area (Å²) in [5.41, 5.74) is 1.66. The van der Waals surface area contributed by atoms with Gasteiger partial charge in [-0.15, -0.1) is 0 Å². The van der Waals surface area contributed by atoms with Gasteiger partial charge in [-0.05, 0) is 49.3 Å². The molecule has 0 spiro atoms. The van der Waals surface area contributed by atoms with Crippen LogP contribution in [-0.4, -0.2) is 7.05 Å². The van der Waals surface area contributed by atoms with Crippen molar-refractivity contribution in [3.8, 4) is 0 Å². The fraction of sp³-hybridized carbons (Fsp3) is 0.647. The summed E-state index contributed by atoms with van der Waals surface area (Å²) in [5.74, 6) is 0.733. The Morgan fingerprint density at radius 3 is 2.37 bits per heavy atom. The van der Waals surface area contributed by atoms with Gasteiger partial charge < -0.3 is 5.32 Å². The molecule has 0 aliphatic heterocycles. The van der Waals surface area contributed by atoms with Crippen LogP contribution in [0.4, 0.5) is 0 Å². The first-order valence-electron chi connectivity index (χ1n) is 7.51. The van der Waals surface area contributed by atoms with Gasteiger partial charge in [-0.25, -0.2) is 0 Å². The van der Waals surface area contributed by atoms with Crippen LogP contribution in [0, 0.1) is 11.3 Å². The SMILES string of the molecule is CNC(c1ccccc1Cl)C1(CC(C)C)CCCC1. The van der Waals surface area contributed by atoms with E-state index in [0.717, 1.165) is 10.9 Å². The predicted molar refractivity (Wildman–Crippen MR) is 83.6 cm³/mol. The van der Waals surface area contributed by atoms with E-state index in [1.54, 1.807) is 0 Å². The number of hydrogen-bond acceptors (Lipinski definition) is 1. The minimum Gasteiger partial charge on any atom is -0.312 e. The fourth-order valence-corrected chi connectivity index (χ4v) is 4.25. The third-order valence-electron chi connectivity index (χ3n) is 4.53. The normalized spacial score (nSPS) is 19.8. The van der Waals surface area contributed by atoms with Crippen molar-refractivity contribution in [1.82, 2.24) is 5.32 Å². The maximum Gasteiger partial charge on any atom is 0.0454 e. The van der Waals surface area contributed by atoms with E-state index in [-0.39, 0.29) is 0 Å². The van der Waals surface area contributed by atoms with Crippen molar-refractivity contribution >= 4 is 11.6 Å². The molecule has 0 amide bonds. The third-order valence-corrected chi connectivity index (χ3v) is 4.88. The molecule has 1 nitrogen and oxygen atoms in total. The molecule has 0 heterocycles. The van der Waals surface area contributed by atoms with Gasteiger partial charge in [0.05, 0.1) is 0 Å². The number of hydrogen-bond donors (Lipinski definition) is 1. The fourth-order valence-electron chi connectivity index (χ4n) is 4.00. The second-order valence-corrected chi connectivity index (χ2v) is 6.82. The van der Waals surface area contributed by atoms with E-state index in [0.29, 0.717) is 11.5 Å². The Balaban J connectivity index is 2.35. The first-order valence-corrected chi connectivity index (χ1v) is 7.88. The van der Waals surface area contributed by atoms with Crippen LogP contribution in [0.2, 0.25) is 5.02 Å². The topological polar surface area (TPSA) is 12.0 Å². The van der Waals surface area contributed by atoms with Crippen molar-refractivity contribution < 1.29 is 0 Å². The third kappa shape index (κ3) is 3.14. The highest BCUT2D eigenvalue weighted by Crippen LogP contribution is 2.52. The van der Waals surface area contributed by atoms with Crippen LogP contribution >= 0.6 is 11.6 Å². The summed E-state index contributed by atoms with van der Waals surface area (Å²) in [6, 6.07) is 8.70. The molecule has 1 aromatic carbocycles. The van der Waals surface area contributed by atoms with Crippen LogP contribution in [-0.2, 0) is 0 Å². The number of benzene rings is 1. The Kier molecular flexibility index (Phi) is 4.92. The molecular formula is C17H26ClN. The number of halogens is 1. The molecule has 1 unspecified atom stereocenters. The monoisotopic (exact) mass is 279 g/mol. The molecular weight excluding hydrogens is 254 g/mol. The lowest BCUT2D eigenvalue weighted by molar-refractivity contribution is 0.162. The molecule has 2 rings (SSSR count). The molecule has 1 aliphatic rings. The lowest BCUT2D eigenvalue weighted by Crippen LogP contribution is -2.36. The molecule has 0 aromatic heterocycles. The van der Waals surface area contributed by atoms with Gasteiger partial charge in [0.25, 0.3) is 0 Å². The molecule has 19 heavy (non-hydrogen) atoms. The zero-order valence-electron chi connectivity index (χ0n) is 12.4. The van der Waals surface area contributed by atoms with Gasteiger partial charge in [0, 0.05) is 11.1 Å². The molecule has 0 radical (unpaired) electrons. The van der Waals surface area contributed by atoms with Gasteiger partial charge in [0.2, 0.25) is 0 Å². The Morgan fingerprint density at radius 2 is 1.84 bits per heavy atom. The summed E-state index contributed by atoms with van der Waals surface area (Å²) < 4.78 is 0. The quantitative estimate of drug-likeness (QED) is 0.780. The Hall–Kier alpha value is -0.530. The minimum absolute atomic E-state index is 0.381. The van der Waals surface area contributed by atoms with Gasteiger partial charge in [-0.1, -0.05) is 56.5 Å². The van der Waals surface area contributed by atoms with Crippen LogP contribution in [0.1, 0.15) is 57.6 Å². The van der Waals surface area contributed by atoms with Crippen molar-refractivity contribution in [3.63, 3.8) is 0 Å². The second kappa shape index (κ2) is 6.28. The largest absolute Gasteiger partial charge is 0.312 e. The van der Waals surface area contributed by atoms with Crippen LogP contribution in [0.5, 0.6) is 0 Å². The maximum atomic E-state index is 6.43. The molecule has 1 N–H and O–H groups in total. The summed E-state index contributed by atoms with van der Waals surface area (Å²) in [4.78, 5) is 0. The number of rotatable bonds is 5. The van der Waals surface area contributed by atoms with Crippen molar-refractivity contribution in [2.75, 3.05) is 7.05 Å². The molecule has 2 heteroatoms. The maximum absolute atomic E-state index is 6.43. The lowest BCUT2D eigenvalue weighted by atomic mass is 9.70. The molecule has 106 valence electrons. The zero-order chi connectivity index (χ0) is 13.9. The van der Waals surface area contributed by atoms with Crippen LogP contribution in [0.15, 0.2) is 24.3 Å². The summed E-state index contributed by atoms with van der Waals surface area (Å²) in [5, 5.41) is 4.46. The molecule has 1 aromatic rings. The van der Waals surface area contributed by atoms with Gasteiger partial charge in [-0.2, -0.15) is 0 Å². The Bertz CT molecular complexity index is 407. The van der Waals surface area contributed by atoms with E-state index in [1.807, 2.05) is 12.1 Å². The smallest absolute Gasteiger partial charge is 0.0454 e. The predicted octanol–water partition coefficient (Wildman–Crippen LogP) is 5.21. The first kappa shape index (κ1) is 14.9. The zero-order valence-corrected chi connectivity index (χ0v) is 13.1. The van der Waals surface area contributed by atoms with Crippen LogP contribution in [0.25, 0.3) is 0 Å². The van der Waals surface area contributed by atoms with E-state index >= 15 is 0 Å². The summed E-state index contributed by atoms with van der Waals surface area (Å²) in [6.07, 6.45) is 6.64. The van der Waals surface area contributed by atoms with Gasteiger partial charge >= 0.3 is 0 Å². The second-order valence-electron chi connectivity index (χ2n) is 6.41. The van der Waals surface area contributed by atoms with E-state index in [4.69, 9.17) is 11.6 Å². The van der Waals surface area contributed by atoms with Crippen molar-refractivity contribution in [2.24, 2.45) is 11.3 Å². The van der Waals surface area contributed by atoms with Crippen molar-refractivity contribution in [3.05, 3.63) is 34.9 Å². The summed E-state index contributed by atoms with van der Waals surface area (Å²) in [6.45, 7) is 4.67. The van der Waals surface area contributed by atoms with Gasteiger partial charge in [-0.3, -0.25) is 0 Å². The van der Waals surface area contributed by atoms with E-state index in [1.165, 1.54) is 37.7 Å². The van der Waals surface area contributed by atoms with Crippen molar-refractivity contribution in [1.29, 1.82) is 0 Å². The lowest BCUT2D eigenvalue weighted by Gasteiger charge is -2.39. The molecule has 1 atom stereocenters. The summed E-state index contributed by atoms with van der Waals surface area (Å²) >= 11 is 6.43. The van der Waals surface area contributed by atoms with Crippen LogP contribution < -0.4 is 5.32 Å². The minimum atomic E-state index is 0.381. The van der Waals surface area contributed by atoms with E-state index in [9.17, 15) is 0 Å². The standard InChI is InChI=1S/C17H26ClN/c1-13(2)12-17(10-6-7-11-17)16(19-3)14-8-4-5-9-15(14)18/h4-5,8-9,13,16,19H,6-7,10-12H2,1-3H3. The average Bonchev–Trinajstić information content (AvgIpc) is 2.81. The summed E-state index contributed by atoms with van der Waals surface area (Å²) in [7, 11) is 2.08. The Labute approximate surface area is 122 Å². The van der Waals surface area contributed by atoms with E-state index < -0.39 is 0 Å². The van der Waals surface area contributed by atoms with Crippen LogP contribution in [0.3, 0.4) is 0 Å². The highest BCUT2D eigenvalue weighted by atomic mass is 35.5. The van der Waals surface area contributed by atoms with Gasteiger partial charge in [0.1, 0.15) is 0 Å². The molecule has 0 saturated heterocycles. The molecule has 1 saturated carbocycles. The molecule has 1 aliphatic carbocycles. The highest BCUT2D eigenvalue weighted by Gasteiger charge is 2.42. The first-order chi connectivity index (χ1) is 9.09. The average molecular weight is 280 g/mol. The molecule has 1 fully saturated rings. The van der Waals surface area contributed by atoms with Crippen molar-refractivity contribution in [2.45, 2.75) is 52.0 Å². The Morgan fingerprint density at radius 1 is 1.21 bits per heavy atom. The molecule has 0 bridgehead atoms. The van der Waals surface area contributed by atoms with E-state index in [2.05, 4.69) is 38.3 Å². The van der Waals surface area contributed by atoms with Gasteiger partial charge in [0.15, 0.2) is 0 Å². The number of nitrogens with one attached hydrogen (secondary N) is 1. The highest BCUT2D eigenvalue weighted by molar-refractivity contribution is 6.31.